The molecular formula is C102H89FN5O4S6+5. The summed E-state index contributed by atoms with van der Waals surface area (Å²) in [5.74, 6) is 4.70. The number of nitrogens with zero attached hydrogens (tertiary/aromatic N) is 5. The number of halogens is 1. The van der Waals surface area contributed by atoms with Crippen LogP contribution in [0, 0.1) is 40.4 Å². The number of rotatable bonds is 14. The summed E-state index contributed by atoms with van der Waals surface area (Å²) in [4.78, 5) is 31.7. The van der Waals surface area contributed by atoms with Crippen LogP contribution in [0.2, 0.25) is 0 Å². The zero-order valence-electron chi connectivity index (χ0n) is 66.5. The number of aryl methyl sites for hydroxylation is 5. The lowest BCUT2D eigenvalue weighted by molar-refractivity contribution is -0.411. The van der Waals surface area contributed by atoms with Gasteiger partial charge in [0.1, 0.15) is 18.2 Å². The van der Waals surface area contributed by atoms with Crippen LogP contribution in [0.4, 0.5) is 32.8 Å². The van der Waals surface area contributed by atoms with E-state index in [0.29, 0.717) is 12.4 Å². The molecule has 584 valence electrons. The molecule has 0 spiro atoms. The molecule has 14 aromatic carbocycles. The minimum atomic E-state index is -0.169. The van der Waals surface area contributed by atoms with E-state index in [4.69, 9.17) is 9.78 Å². The predicted octanol–water partition coefficient (Wildman–Crippen LogP) is 25.7. The molecule has 14 aromatic rings. The second-order valence-corrected chi connectivity index (χ2v) is 34.6. The molecule has 118 heavy (non-hydrogen) atoms. The molecule has 16 heteroatoms. The van der Waals surface area contributed by atoms with Gasteiger partial charge in [-0.1, -0.05) is 271 Å². The van der Waals surface area contributed by atoms with Crippen molar-refractivity contribution in [3.63, 3.8) is 0 Å². The van der Waals surface area contributed by atoms with E-state index in [-0.39, 0.29) is 11.6 Å². The highest BCUT2D eigenvalue weighted by atomic mass is 32.2. The van der Waals surface area contributed by atoms with Gasteiger partial charge in [-0.3, -0.25) is 4.79 Å². The van der Waals surface area contributed by atoms with E-state index < -0.39 is 0 Å². The maximum absolute atomic E-state index is 13.4. The molecule has 9 nitrogen and oxygen atoms in total. The summed E-state index contributed by atoms with van der Waals surface area (Å²) in [6, 6.07) is 108. The molecule has 0 aromatic heterocycles. The van der Waals surface area contributed by atoms with Crippen molar-refractivity contribution in [3.05, 3.63) is 400 Å². The minimum absolute atomic E-state index is 0.0711. The Morgan fingerprint density at radius 2 is 0.712 bits per heavy atom. The van der Waals surface area contributed by atoms with Crippen LogP contribution in [0.1, 0.15) is 77.1 Å². The van der Waals surface area contributed by atoms with E-state index in [1.807, 2.05) is 218 Å². The molecule has 0 bridgehead atoms. The number of ketones is 1. The highest BCUT2D eigenvalue weighted by molar-refractivity contribution is 8.00. The normalized spacial score (nSPS) is 13.3. The highest BCUT2D eigenvalue weighted by Crippen LogP contribution is 2.44. The lowest BCUT2D eigenvalue weighted by atomic mass is 9.96. The molecule has 0 fully saturated rings. The standard InChI is InChI=1S/C27H21NOS.C22H18NOS.C21H18NS2.C17H18NO2S.C15H13FNS/c1-19-9-8-14-22-17-28(18-30-27(19)22)23-15-24(20-10-4-2-5-11-20)26(29)25(16-23)21-12-6-3-7-13-21;1-16-12-18(21(24)17-8-4-2-5-9-17)13-19-14-23(15-25-22(16)19)20-10-6-3-7-11-20;1-16-12-20(24-19-10-6-3-7-11-19)13-17-14-22(15-23-21(16)17)18-8-4-2-5-9-18;1-13-8-14(11-20-19-2)9-15-10-18(12-21-17(13)15)16-6-4-3-5-7-16;1-11-7-13(16)8-12-9-17(10-18-15(11)12)14-5-3-2-4-6-14/h2-17H,18H2,1H3;2-14H,15H2,1H3;2-14H,15H2,1H3;3-10H,11-12H2,1-2H3;2-9H,10H2,1H3/q;4*+1/p+1. The summed E-state index contributed by atoms with van der Waals surface area (Å²) in [5, 5.41) is 11.2. The van der Waals surface area contributed by atoms with E-state index in [9.17, 15) is 14.3 Å². The van der Waals surface area contributed by atoms with Crippen LogP contribution < -0.4 is 0 Å². The van der Waals surface area contributed by atoms with Gasteiger partial charge in [-0.05, 0) is 140 Å². The topological polar surface area (TPSA) is 70.8 Å². The first-order valence-electron chi connectivity index (χ1n) is 38.9. The van der Waals surface area contributed by atoms with E-state index in [0.717, 1.165) is 108 Å². The van der Waals surface area contributed by atoms with Gasteiger partial charge >= 0.3 is 0 Å². The van der Waals surface area contributed by atoms with E-state index in [2.05, 4.69) is 239 Å². The first-order chi connectivity index (χ1) is 57.7. The third kappa shape index (κ3) is 20.3. The van der Waals surface area contributed by atoms with E-state index >= 15 is 0 Å². The smallest absolute Gasteiger partial charge is 0.207 e. The van der Waals surface area contributed by atoms with Crippen molar-refractivity contribution in [2.75, 3.05) is 36.5 Å². The minimum Gasteiger partial charge on any atom is -0.507 e. The summed E-state index contributed by atoms with van der Waals surface area (Å²) in [5.41, 5.74) is 24.1. The average molecular weight is 1660 g/mol. The molecule has 0 atom stereocenters. The lowest BCUT2D eigenvalue weighted by Gasteiger charge is -2.16. The zero-order valence-corrected chi connectivity index (χ0v) is 71.4. The van der Waals surface area contributed by atoms with Gasteiger partial charge in [0.15, 0.2) is 66.2 Å². The summed E-state index contributed by atoms with van der Waals surface area (Å²) >= 11 is 11.0. The number of phenolic OH excluding ortho intramolecular Hbond substituents is 1. The fourth-order valence-corrected chi connectivity index (χ4v) is 20.8. The molecule has 0 aliphatic carbocycles. The fourth-order valence-electron chi connectivity index (χ4n) is 14.5. The summed E-state index contributed by atoms with van der Waals surface area (Å²) < 4.78 is 24.7. The van der Waals surface area contributed by atoms with Gasteiger partial charge in [0.05, 0.1) is 34.9 Å². The molecule has 19 rings (SSSR count). The number of hydrogen-bond acceptors (Lipinski definition) is 10. The Bertz CT molecular complexity index is 6040. The number of aromatic hydroxyl groups is 1. The summed E-state index contributed by atoms with van der Waals surface area (Å²) in [6.45, 7) is 11.0. The van der Waals surface area contributed by atoms with Crippen molar-refractivity contribution >= 4 is 136 Å². The number of para-hydroxylation sites is 4. The number of carbonyl (C=O) groups excluding carboxylic acids is 1. The number of phenols is 1. The molecule has 0 saturated carbocycles. The maximum atomic E-state index is 13.4. The lowest BCUT2D eigenvalue weighted by Crippen LogP contribution is -2.14. The van der Waals surface area contributed by atoms with Crippen molar-refractivity contribution in [1.82, 2.24) is 0 Å². The van der Waals surface area contributed by atoms with Gasteiger partial charge < -0.3 is 5.11 Å². The Hall–Kier alpha value is -11.2. The van der Waals surface area contributed by atoms with E-state index in [1.165, 1.54) is 86.1 Å². The van der Waals surface area contributed by atoms with Gasteiger partial charge in [-0.15, -0.1) is 0 Å². The van der Waals surface area contributed by atoms with Crippen LogP contribution in [-0.2, 0) is 16.4 Å². The number of carbonyl (C=O) groups is 1. The monoisotopic (exact) mass is 1660 g/mol. The first-order valence-corrected chi connectivity index (χ1v) is 44.7. The van der Waals surface area contributed by atoms with Crippen molar-refractivity contribution in [1.29, 1.82) is 0 Å². The van der Waals surface area contributed by atoms with Gasteiger partial charge in [-0.25, -0.2) is 14.2 Å². The van der Waals surface area contributed by atoms with Crippen LogP contribution in [0.15, 0.2) is 356 Å². The van der Waals surface area contributed by atoms with Crippen molar-refractivity contribution in [3.8, 4) is 28.0 Å². The van der Waals surface area contributed by atoms with Crippen LogP contribution in [0.5, 0.6) is 5.75 Å². The van der Waals surface area contributed by atoms with Gasteiger partial charge in [0.25, 0.3) is 0 Å². The average Bonchev–Trinajstić information content (AvgIpc) is 0.788. The van der Waals surface area contributed by atoms with Crippen LogP contribution in [-0.4, -0.2) is 101 Å². The second kappa shape index (κ2) is 39.4. The molecule has 0 amide bonds. The second-order valence-electron chi connectivity index (χ2n) is 28.7. The third-order valence-corrected chi connectivity index (χ3v) is 27.5. The van der Waals surface area contributed by atoms with Crippen molar-refractivity contribution in [2.24, 2.45) is 0 Å². The van der Waals surface area contributed by atoms with Crippen LogP contribution >= 0.6 is 70.6 Å². The molecule has 0 unspecified atom stereocenters. The Morgan fingerprint density at radius 1 is 0.347 bits per heavy atom. The largest absolute Gasteiger partial charge is 0.507 e. The summed E-state index contributed by atoms with van der Waals surface area (Å²) in [7, 11) is 1.53. The zero-order chi connectivity index (χ0) is 81.3. The summed E-state index contributed by atoms with van der Waals surface area (Å²) in [6.07, 6.45) is 10.9. The van der Waals surface area contributed by atoms with E-state index in [1.54, 1.807) is 23.9 Å². The Kier molecular flexibility index (Phi) is 27.4. The third-order valence-electron chi connectivity index (χ3n) is 20.2. The number of fused-ring (bicyclic) bond motifs is 5. The Morgan fingerprint density at radius 3 is 1.17 bits per heavy atom. The molecule has 5 aliphatic rings. The molecule has 0 radical (unpaired) electrons. The Balaban J connectivity index is 0.000000116. The maximum Gasteiger partial charge on any atom is 0.207 e. The quantitative estimate of drug-likeness (QED) is 0.0493. The van der Waals surface area contributed by atoms with Gasteiger partial charge in [0.2, 0.25) is 28.4 Å². The van der Waals surface area contributed by atoms with Crippen molar-refractivity contribution < 1.29 is 46.9 Å². The highest BCUT2D eigenvalue weighted by Gasteiger charge is 2.28. The fraction of sp³-hybridized carbons (Fsp3) is 0.118. The van der Waals surface area contributed by atoms with Crippen molar-refractivity contribution in [2.45, 2.75) is 75.5 Å². The predicted molar refractivity (Wildman–Crippen MR) is 492 cm³/mol. The van der Waals surface area contributed by atoms with Crippen LogP contribution in [0.25, 0.3) is 22.3 Å². The molecule has 0 saturated heterocycles. The number of benzene rings is 14. The first kappa shape index (κ1) is 82.0. The Labute approximate surface area is 716 Å². The number of thioether (sulfide) groups is 5. The molecule has 5 aliphatic heterocycles. The molecule has 1 N–H and O–H groups in total. The molecule has 5 heterocycles. The SMILES string of the molecule is COOCc1cc(C)c2c(c1)C=[N+](c1ccccc1)CS2.Cc1cc(C(=O)c2ccccc2)cc2c1SC[N+](c1ccccc1)=C2.Cc1cc(F)cc2c1SC[N+](c1ccccc1)=C2.Cc1cc(Sc2ccccc2)cc2c1SC[N+](c1ccccc1)=C2.Cc1cccc2c1SC[N+](c1cc(-c3ccccc3)c(O)c(-c3ccccc3)c1)=C2. The van der Waals surface area contributed by atoms with Gasteiger partial charge in [0, 0.05) is 117 Å². The van der Waals surface area contributed by atoms with Crippen LogP contribution in [0.3, 0.4) is 0 Å². The van der Waals surface area contributed by atoms with Gasteiger partial charge in [-0.2, -0.15) is 22.9 Å². The molecular weight excluding hydrogens is 1570 g/mol. The number of hydrogen-bond donors (Lipinski definition) is 1.